The van der Waals surface area contributed by atoms with Crippen molar-refractivity contribution < 1.29 is 21.9 Å². The molecule has 1 unspecified atom stereocenters. The van der Waals surface area contributed by atoms with Crippen LogP contribution in [0.4, 0.5) is 8.78 Å². The highest BCUT2D eigenvalue weighted by Crippen LogP contribution is 2.40. The molecule has 1 heterocycles. The number of nitrogens with two attached hydrogens (primary N) is 1. The van der Waals surface area contributed by atoms with Crippen LogP contribution in [0.15, 0.2) is 18.2 Å². The predicted octanol–water partition coefficient (Wildman–Crippen LogP) is 1.30. The summed E-state index contributed by atoms with van der Waals surface area (Å²) in [6, 6.07) is 3.47. The Balaban J connectivity index is 2.40. The number of methoxy groups -OCH3 is 1. The summed E-state index contributed by atoms with van der Waals surface area (Å²) in [5.74, 6) is -0.489. The molecular weight excluding hydrogens is 290 g/mol. The maximum Gasteiger partial charge on any atom is 0.277 e. The van der Waals surface area contributed by atoms with Crippen molar-refractivity contribution in [2.24, 2.45) is 5.14 Å². The number of piperidine rings is 1. The lowest BCUT2D eigenvalue weighted by atomic mass is 9.87. The van der Waals surface area contributed by atoms with Crippen LogP contribution in [-0.2, 0) is 15.9 Å². The summed E-state index contributed by atoms with van der Waals surface area (Å²) in [5.41, 5.74) is -1.81. The molecule has 0 bridgehead atoms. The van der Waals surface area contributed by atoms with E-state index in [1.54, 1.807) is 0 Å². The van der Waals surface area contributed by atoms with Crippen LogP contribution in [0.1, 0.15) is 18.4 Å². The van der Waals surface area contributed by atoms with E-state index in [-0.39, 0.29) is 24.3 Å². The normalized spacial score (nSPS) is 24.6. The van der Waals surface area contributed by atoms with Crippen LogP contribution in [0.25, 0.3) is 0 Å². The van der Waals surface area contributed by atoms with Crippen molar-refractivity contribution in [1.29, 1.82) is 0 Å². The van der Waals surface area contributed by atoms with E-state index in [0.29, 0.717) is 6.42 Å². The number of hydrogen-bond acceptors (Lipinski definition) is 3. The quantitative estimate of drug-likeness (QED) is 0.915. The molecule has 2 N–H and O–H groups in total. The van der Waals surface area contributed by atoms with Gasteiger partial charge in [0.2, 0.25) is 0 Å². The van der Waals surface area contributed by atoms with Gasteiger partial charge in [-0.15, -0.1) is 0 Å². The number of alkyl halides is 1. The topological polar surface area (TPSA) is 72.6 Å². The zero-order valence-electron chi connectivity index (χ0n) is 11.0. The van der Waals surface area contributed by atoms with E-state index in [2.05, 4.69) is 0 Å². The number of rotatable bonds is 3. The molecular formula is C12H16F2N2O3S. The zero-order chi connectivity index (χ0) is 15.0. The molecule has 20 heavy (non-hydrogen) atoms. The molecule has 1 aliphatic rings. The molecule has 1 aliphatic heterocycles. The Morgan fingerprint density at radius 1 is 1.45 bits per heavy atom. The summed E-state index contributed by atoms with van der Waals surface area (Å²) >= 11 is 0. The molecule has 0 aromatic heterocycles. The second-order valence-corrected chi connectivity index (χ2v) is 6.34. The lowest BCUT2D eigenvalue weighted by Crippen LogP contribution is -2.48. The van der Waals surface area contributed by atoms with E-state index < -0.39 is 28.2 Å². The van der Waals surface area contributed by atoms with Crippen LogP contribution < -0.4 is 9.88 Å². The first-order valence-electron chi connectivity index (χ1n) is 6.07. The predicted molar refractivity (Wildman–Crippen MR) is 69.7 cm³/mol. The van der Waals surface area contributed by atoms with Crippen LogP contribution in [0.5, 0.6) is 5.75 Å². The largest absolute Gasteiger partial charge is 0.496 e. The maximum absolute atomic E-state index is 15.1. The van der Waals surface area contributed by atoms with Gasteiger partial charge in [0.15, 0.2) is 5.67 Å². The highest BCUT2D eigenvalue weighted by atomic mass is 32.2. The molecule has 0 radical (unpaired) electrons. The molecule has 1 aromatic carbocycles. The third-order valence-corrected chi connectivity index (χ3v) is 4.45. The maximum atomic E-state index is 15.1. The lowest BCUT2D eigenvalue weighted by molar-refractivity contribution is 0.0786. The molecule has 5 nitrogen and oxygen atoms in total. The average molecular weight is 306 g/mol. The Morgan fingerprint density at radius 3 is 2.75 bits per heavy atom. The SMILES string of the molecule is COc1cc(F)ccc1C1(F)CCCN(S(N)(=O)=O)C1. The van der Waals surface area contributed by atoms with Crippen molar-refractivity contribution in [2.45, 2.75) is 18.5 Å². The van der Waals surface area contributed by atoms with Gasteiger partial charge < -0.3 is 4.74 Å². The summed E-state index contributed by atoms with van der Waals surface area (Å²) in [6.45, 7) is -0.220. The highest BCUT2D eigenvalue weighted by molar-refractivity contribution is 7.86. The molecule has 2 rings (SSSR count). The van der Waals surface area contributed by atoms with Gasteiger partial charge in [-0.3, -0.25) is 0 Å². The summed E-state index contributed by atoms with van der Waals surface area (Å²) in [4.78, 5) is 0. The van der Waals surface area contributed by atoms with Gasteiger partial charge in [-0.05, 0) is 25.0 Å². The van der Waals surface area contributed by atoms with Gasteiger partial charge in [0.1, 0.15) is 11.6 Å². The molecule has 1 fully saturated rings. The van der Waals surface area contributed by atoms with Crippen LogP contribution in [0.3, 0.4) is 0 Å². The minimum absolute atomic E-state index is 0.0590. The third-order valence-electron chi connectivity index (χ3n) is 3.41. The number of nitrogens with zero attached hydrogens (tertiary/aromatic N) is 1. The number of hydrogen-bond donors (Lipinski definition) is 1. The van der Waals surface area contributed by atoms with Crippen molar-refractivity contribution in [2.75, 3.05) is 20.2 Å². The molecule has 0 spiro atoms. The molecule has 1 saturated heterocycles. The second-order valence-electron chi connectivity index (χ2n) is 4.79. The van der Waals surface area contributed by atoms with Crippen LogP contribution in [0.2, 0.25) is 0 Å². The highest BCUT2D eigenvalue weighted by Gasteiger charge is 2.42. The van der Waals surface area contributed by atoms with E-state index in [1.165, 1.54) is 13.2 Å². The molecule has 0 amide bonds. The minimum atomic E-state index is -3.95. The van der Waals surface area contributed by atoms with E-state index >= 15 is 4.39 Å². The van der Waals surface area contributed by atoms with Gasteiger partial charge in [0.25, 0.3) is 10.2 Å². The van der Waals surface area contributed by atoms with Gasteiger partial charge in [0, 0.05) is 18.2 Å². The Bertz CT molecular complexity index is 609. The molecule has 0 saturated carbocycles. The van der Waals surface area contributed by atoms with Crippen LogP contribution in [-0.4, -0.2) is 32.9 Å². The Kier molecular flexibility index (Phi) is 3.99. The summed E-state index contributed by atoms with van der Waals surface area (Å²) in [7, 11) is -2.65. The number of halogens is 2. The van der Waals surface area contributed by atoms with Crippen LogP contribution in [0, 0.1) is 5.82 Å². The third kappa shape index (κ3) is 2.92. The fourth-order valence-electron chi connectivity index (χ4n) is 2.45. The number of benzene rings is 1. The van der Waals surface area contributed by atoms with Crippen molar-refractivity contribution in [3.8, 4) is 5.75 Å². The molecule has 1 atom stereocenters. The smallest absolute Gasteiger partial charge is 0.277 e. The van der Waals surface area contributed by atoms with Gasteiger partial charge in [0.05, 0.1) is 13.7 Å². The fourth-order valence-corrected chi connectivity index (χ4v) is 3.21. The molecule has 0 aliphatic carbocycles. The van der Waals surface area contributed by atoms with Gasteiger partial charge in [-0.25, -0.2) is 13.9 Å². The first-order chi connectivity index (χ1) is 9.26. The second kappa shape index (κ2) is 5.27. The van der Waals surface area contributed by atoms with E-state index in [1.807, 2.05) is 0 Å². The summed E-state index contributed by atoms with van der Waals surface area (Å²) < 4.78 is 56.9. The number of ether oxygens (including phenoxy) is 1. The van der Waals surface area contributed by atoms with Crippen LogP contribution >= 0.6 is 0 Å². The first kappa shape index (κ1) is 15.1. The Labute approximate surface area is 116 Å². The Morgan fingerprint density at radius 2 is 2.15 bits per heavy atom. The van der Waals surface area contributed by atoms with Gasteiger partial charge in [-0.2, -0.15) is 12.7 Å². The van der Waals surface area contributed by atoms with E-state index in [4.69, 9.17) is 9.88 Å². The summed E-state index contributed by atoms with van der Waals surface area (Å²) in [6.07, 6.45) is 0.453. The van der Waals surface area contributed by atoms with Gasteiger partial charge in [-0.1, -0.05) is 0 Å². The summed E-state index contributed by atoms with van der Waals surface area (Å²) in [5, 5.41) is 5.04. The minimum Gasteiger partial charge on any atom is -0.496 e. The van der Waals surface area contributed by atoms with Crippen molar-refractivity contribution in [3.05, 3.63) is 29.6 Å². The Hall–Kier alpha value is -1.25. The molecule has 112 valence electrons. The zero-order valence-corrected chi connectivity index (χ0v) is 11.8. The molecule has 1 aromatic rings. The average Bonchev–Trinajstić information content (AvgIpc) is 2.37. The fraction of sp³-hybridized carbons (Fsp3) is 0.500. The van der Waals surface area contributed by atoms with Crippen molar-refractivity contribution >= 4 is 10.2 Å². The monoisotopic (exact) mass is 306 g/mol. The standard InChI is InChI=1S/C12H16F2N2O3S/c1-19-11-7-9(13)3-4-10(11)12(14)5-2-6-16(8-12)20(15,17)18/h3-4,7H,2,5-6,8H2,1H3,(H2,15,17,18). The van der Waals surface area contributed by atoms with Crippen molar-refractivity contribution in [1.82, 2.24) is 4.31 Å². The lowest BCUT2D eigenvalue weighted by Gasteiger charge is -2.36. The van der Waals surface area contributed by atoms with Crippen molar-refractivity contribution in [3.63, 3.8) is 0 Å². The van der Waals surface area contributed by atoms with E-state index in [9.17, 15) is 12.8 Å². The molecule has 8 heteroatoms. The van der Waals surface area contributed by atoms with E-state index in [0.717, 1.165) is 16.4 Å². The first-order valence-corrected chi connectivity index (χ1v) is 7.57. The van der Waals surface area contributed by atoms with Gasteiger partial charge >= 0.3 is 0 Å².